The number of hydrogen-bond acceptors (Lipinski definition) is 8. The summed E-state index contributed by atoms with van der Waals surface area (Å²) in [5.41, 5.74) is 2.91. The Labute approximate surface area is 349 Å². The minimum absolute atomic E-state index is 0.0747. The van der Waals surface area contributed by atoms with Gasteiger partial charge in [0.1, 0.15) is 24.1 Å². The summed E-state index contributed by atoms with van der Waals surface area (Å²) in [5, 5.41) is 39.4. The van der Waals surface area contributed by atoms with Crippen LogP contribution in [0.1, 0.15) is 81.0 Å². The van der Waals surface area contributed by atoms with Crippen LogP contribution in [0, 0.1) is 24.7 Å². The molecular weight excluding hydrogens is 769 g/mol. The minimum atomic E-state index is -1.31. The molecule has 16 heteroatoms. The molecule has 60 heavy (non-hydrogen) atoms. The Morgan fingerprint density at radius 1 is 0.867 bits per heavy atom. The number of urea groups is 1. The highest BCUT2D eigenvalue weighted by Gasteiger charge is 2.30. The molecule has 0 aliphatic heterocycles. The van der Waals surface area contributed by atoms with Crippen LogP contribution in [-0.2, 0) is 43.5 Å². The zero-order chi connectivity index (χ0) is 42.9. The normalized spacial score (nSPS) is 16.0. The van der Waals surface area contributed by atoms with Crippen LogP contribution in [0.3, 0.4) is 0 Å². The quantitative estimate of drug-likeness (QED) is 0.0470. The summed E-state index contributed by atoms with van der Waals surface area (Å²) in [6.45, 7) is 3.86. The number of nitrogens with one attached hydrogen (secondary N) is 4. The van der Waals surface area contributed by atoms with E-state index in [1.165, 1.54) is 10.2 Å². The van der Waals surface area contributed by atoms with Gasteiger partial charge < -0.3 is 31.5 Å². The third-order valence-corrected chi connectivity index (χ3v) is 11.0. The standard InChI is InChI=1S/C44H56N8O8/c1-30-17-21-51(22-18-30)27-37-28-52(50-49-37)29-40(54)47-26-31-9-13-34(14-10-31)39(53)25-36(24-32-11-12-33-7-3-4-8-35(33)23-32)42(57)45-19-5-2-6-20-46-44(60)48-38(43(58)59)15-16-41(55)56/h3-4,7-8,11-12,17-18,21-23,28,31,34,36,38H,2,5-6,9-10,13-16,19-20,24-27,29H2,1H3,(H5-,45,46,47,48,54,55,56,57,58,59,60)/p+1/t31?,34?,36?,38-/m0/s1. The molecule has 4 aromatic rings. The molecule has 0 radical (unpaired) electrons. The Balaban J connectivity index is 1.04. The number of carbonyl (C=O) groups is 6. The Morgan fingerprint density at radius 3 is 2.30 bits per heavy atom. The lowest BCUT2D eigenvalue weighted by Gasteiger charge is -2.28. The SMILES string of the molecule is Cc1cc[n+](Cc2cn(CC(=O)NCC3CCC(C(=O)CC(Cc4ccc5ccccc5c4)C(=O)NCCCCCNC(=O)N[C@@H](CCC(=O)O)C(=O)O)CC3)nn2)cc1. The first kappa shape index (κ1) is 44.9. The number of carboxylic acid groups (broad SMARTS) is 2. The first-order valence-corrected chi connectivity index (χ1v) is 20.8. The summed E-state index contributed by atoms with van der Waals surface area (Å²) < 4.78 is 3.54. The van der Waals surface area contributed by atoms with Crippen LogP contribution in [0.25, 0.3) is 10.8 Å². The predicted octanol–water partition coefficient (Wildman–Crippen LogP) is 3.72. The average molecular weight is 826 g/mol. The molecule has 320 valence electrons. The second kappa shape index (κ2) is 22.8. The Bertz CT molecular complexity index is 2080. The fraction of sp³-hybridized carbons (Fsp3) is 0.477. The molecule has 5 rings (SSSR count). The molecule has 1 unspecified atom stereocenters. The summed E-state index contributed by atoms with van der Waals surface area (Å²) in [5.74, 6) is -3.12. The second-order valence-corrected chi connectivity index (χ2v) is 15.8. The first-order valence-electron chi connectivity index (χ1n) is 20.8. The van der Waals surface area contributed by atoms with Crippen LogP contribution in [0.4, 0.5) is 4.79 Å². The molecule has 1 aliphatic rings. The molecule has 0 bridgehead atoms. The highest BCUT2D eigenvalue weighted by molar-refractivity contribution is 5.89. The van der Waals surface area contributed by atoms with Gasteiger partial charge in [-0.3, -0.25) is 19.2 Å². The lowest BCUT2D eigenvalue weighted by atomic mass is 9.77. The summed E-state index contributed by atoms with van der Waals surface area (Å²) >= 11 is 0. The molecule has 2 aromatic carbocycles. The molecule has 2 aromatic heterocycles. The van der Waals surface area contributed by atoms with E-state index in [-0.39, 0.29) is 61.8 Å². The third-order valence-electron chi connectivity index (χ3n) is 11.0. The van der Waals surface area contributed by atoms with E-state index in [1.54, 1.807) is 6.20 Å². The summed E-state index contributed by atoms with van der Waals surface area (Å²) in [4.78, 5) is 74.3. The molecular formula is C44H57N8O8+. The number of hydrogen-bond donors (Lipinski definition) is 6. The largest absolute Gasteiger partial charge is 0.481 e. The number of fused-ring (bicyclic) bond motifs is 1. The fourth-order valence-corrected chi connectivity index (χ4v) is 7.50. The number of nitrogens with zero attached hydrogens (tertiary/aromatic N) is 4. The van der Waals surface area contributed by atoms with Gasteiger partial charge in [-0.2, -0.15) is 4.57 Å². The van der Waals surface area contributed by atoms with E-state index in [1.807, 2.05) is 72.4 Å². The fourth-order valence-electron chi connectivity index (χ4n) is 7.50. The van der Waals surface area contributed by atoms with Gasteiger partial charge >= 0.3 is 18.0 Å². The van der Waals surface area contributed by atoms with Crippen LogP contribution in [0.5, 0.6) is 0 Å². The Hall–Kier alpha value is -6.19. The van der Waals surface area contributed by atoms with Crippen molar-refractivity contribution in [3.63, 3.8) is 0 Å². The minimum Gasteiger partial charge on any atom is -0.481 e. The lowest BCUT2D eigenvalue weighted by Crippen LogP contribution is -2.46. The average Bonchev–Trinajstić information content (AvgIpc) is 3.67. The van der Waals surface area contributed by atoms with Gasteiger partial charge in [0, 0.05) is 56.4 Å². The van der Waals surface area contributed by atoms with Crippen LogP contribution in [0.15, 0.2) is 73.2 Å². The number of aliphatic carboxylic acids is 2. The van der Waals surface area contributed by atoms with Gasteiger partial charge in [-0.05, 0) is 92.5 Å². The van der Waals surface area contributed by atoms with E-state index >= 15 is 0 Å². The van der Waals surface area contributed by atoms with Gasteiger partial charge in [-0.1, -0.05) is 47.7 Å². The number of pyridine rings is 1. The molecule has 4 amide bonds. The molecule has 2 atom stereocenters. The van der Waals surface area contributed by atoms with Gasteiger partial charge in [0.25, 0.3) is 0 Å². The smallest absolute Gasteiger partial charge is 0.326 e. The lowest BCUT2D eigenvalue weighted by molar-refractivity contribution is -0.688. The maximum atomic E-state index is 13.7. The zero-order valence-corrected chi connectivity index (χ0v) is 34.2. The molecule has 16 nitrogen and oxygen atoms in total. The first-order chi connectivity index (χ1) is 28.9. The Morgan fingerprint density at radius 2 is 1.58 bits per heavy atom. The second-order valence-electron chi connectivity index (χ2n) is 15.8. The number of benzene rings is 2. The molecule has 1 aliphatic carbocycles. The molecule has 1 saturated carbocycles. The van der Waals surface area contributed by atoms with Crippen molar-refractivity contribution < 1.29 is 43.5 Å². The van der Waals surface area contributed by atoms with Crippen molar-refractivity contribution in [1.29, 1.82) is 0 Å². The van der Waals surface area contributed by atoms with Crippen LogP contribution < -0.4 is 25.8 Å². The van der Waals surface area contributed by atoms with Crippen molar-refractivity contribution in [3.05, 3.63) is 90.0 Å². The summed E-state index contributed by atoms with van der Waals surface area (Å²) in [6.07, 6.45) is 10.6. The van der Waals surface area contributed by atoms with Crippen LogP contribution in [-0.4, -0.2) is 86.5 Å². The number of carbonyl (C=O) groups excluding carboxylic acids is 4. The maximum Gasteiger partial charge on any atom is 0.326 e. The predicted molar refractivity (Wildman–Crippen MR) is 221 cm³/mol. The Kier molecular flexibility index (Phi) is 17.1. The van der Waals surface area contributed by atoms with E-state index in [4.69, 9.17) is 5.11 Å². The van der Waals surface area contributed by atoms with E-state index in [9.17, 15) is 33.9 Å². The summed E-state index contributed by atoms with van der Waals surface area (Å²) in [7, 11) is 0. The van der Waals surface area contributed by atoms with Crippen molar-refractivity contribution >= 4 is 46.3 Å². The monoisotopic (exact) mass is 825 g/mol. The van der Waals surface area contributed by atoms with Gasteiger partial charge in [0.15, 0.2) is 18.9 Å². The van der Waals surface area contributed by atoms with Crippen LogP contribution in [0.2, 0.25) is 0 Å². The third kappa shape index (κ3) is 14.9. The number of rotatable bonds is 23. The van der Waals surface area contributed by atoms with Crippen molar-refractivity contribution in [2.24, 2.45) is 17.8 Å². The molecule has 6 N–H and O–H groups in total. The van der Waals surface area contributed by atoms with Crippen molar-refractivity contribution in [1.82, 2.24) is 36.3 Å². The number of carboxylic acids is 2. The zero-order valence-electron chi connectivity index (χ0n) is 34.2. The van der Waals surface area contributed by atoms with E-state index in [0.717, 1.165) is 34.9 Å². The number of aromatic nitrogens is 4. The van der Waals surface area contributed by atoms with E-state index in [0.29, 0.717) is 58.2 Å². The van der Waals surface area contributed by atoms with Gasteiger partial charge in [-0.25, -0.2) is 14.3 Å². The van der Waals surface area contributed by atoms with Gasteiger partial charge in [0.2, 0.25) is 11.8 Å². The highest BCUT2D eigenvalue weighted by Crippen LogP contribution is 2.31. The molecule has 0 spiro atoms. The van der Waals surface area contributed by atoms with Gasteiger partial charge in [-0.15, -0.1) is 5.10 Å². The van der Waals surface area contributed by atoms with Crippen molar-refractivity contribution in [3.8, 4) is 0 Å². The van der Waals surface area contributed by atoms with E-state index in [2.05, 4.69) is 37.6 Å². The maximum absolute atomic E-state index is 13.7. The number of aryl methyl sites for hydroxylation is 1. The molecule has 0 saturated heterocycles. The molecule has 2 heterocycles. The van der Waals surface area contributed by atoms with Crippen molar-refractivity contribution in [2.45, 2.75) is 96.7 Å². The summed E-state index contributed by atoms with van der Waals surface area (Å²) in [6, 6.07) is 16.2. The number of amides is 4. The topological polar surface area (TPSA) is 226 Å². The number of ketones is 1. The molecule has 1 fully saturated rings. The van der Waals surface area contributed by atoms with Crippen molar-refractivity contribution in [2.75, 3.05) is 19.6 Å². The number of unbranched alkanes of at least 4 members (excludes halogenated alkanes) is 2. The van der Waals surface area contributed by atoms with Gasteiger partial charge in [0.05, 0.1) is 6.20 Å². The van der Waals surface area contributed by atoms with Crippen LogP contribution >= 0.6 is 0 Å². The highest BCUT2D eigenvalue weighted by atomic mass is 16.4. The van der Waals surface area contributed by atoms with E-state index < -0.39 is 29.9 Å². The number of Topliss-reactive ketones (excluding diaryl/α,β-unsaturated/α-hetero) is 1.